The Balaban J connectivity index is 2.19. The molecule has 19 heavy (non-hydrogen) atoms. The zero-order valence-electron chi connectivity index (χ0n) is 10.9. The van der Waals surface area contributed by atoms with Gasteiger partial charge in [0, 0.05) is 11.6 Å². The second kappa shape index (κ2) is 5.74. The van der Waals surface area contributed by atoms with Gasteiger partial charge in [-0.15, -0.1) is 0 Å². The van der Waals surface area contributed by atoms with Crippen LogP contribution < -0.4 is 10.5 Å². The molecule has 1 aromatic rings. The fourth-order valence-electron chi connectivity index (χ4n) is 1.90. The molecule has 0 saturated heterocycles. The van der Waals surface area contributed by atoms with Gasteiger partial charge in [0.05, 0.1) is 11.4 Å². The molecule has 2 rings (SSSR count). The lowest BCUT2D eigenvalue weighted by molar-refractivity contribution is 0.538. The highest BCUT2D eigenvalue weighted by Gasteiger charge is 2.31. The number of rotatable bonds is 4. The molecule has 102 valence electrons. The summed E-state index contributed by atoms with van der Waals surface area (Å²) < 4.78 is 27.2. The minimum Gasteiger partial charge on any atom is -0.320 e. The predicted molar refractivity (Wildman–Crippen MR) is 74.9 cm³/mol. The molecule has 1 saturated carbocycles. The number of benzene rings is 1. The Labute approximate surface area is 114 Å². The maximum Gasteiger partial charge on any atom is 0.240 e. The minimum atomic E-state index is -3.46. The lowest BCUT2D eigenvalue weighted by Gasteiger charge is -2.13. The first-order valence-corrected chi connectivity index (χ1v) is 7.82. The summed E-state index contributed by atoms with van der Waals surface area (Å²) in [6.07, 6.45) is 2.21. The number of nitrogens with one attached hydrogen (secondary N) is 1. The molecule has 4 nitrogen and oxygen atoms in total. The van der Waals surface area contributed by atoms with E-state index < -0.39 is 10.0 Å². The lowest BCUT2D eigenvalue weighted by Crippen LogP contribution is -2.34. The molecule has 3 N–H and O–H groups in total. The van der Waals surface area contributed by atoms with E-state index in [1.807, 2.05) is 6.92 Å². The molecule has 0 aliphatic heterocycles. The van der Waals surface area contributed by atoms with E-state index in [2.05, 4.69) is 16.6 Å². The summed E-state index contributed by atoms with van der Waals surface area (Å²) in [5, 5.41) is 0. The van der Waals surface area contributed by atoms with E-state index in [1.165, 1.54) is 0 Å². The van der Waals surface area contributed by atoms with Crippen molar-refractivity contribution in [3.8, 4) is 11.8 Å². The fourth-order valence-corrected chi connectivity index (χ4v) is 3.26. The van der Waals surface area contributed by atoms with Crippen LogP contribution in [-0.4, -0.2) is 21.0 Å². The van der Waals surface area contributed by atoms with E-state index >= 15 is 0 Å². The average molecular weight is 278 g/mol. The standard InChI is InChI=1S/C14H18N2O2S/c1-11(13-7-8-13)16-19(17,18)14-6-2-4-12(10-14)5-3-9-15/h2,4,6,10-11,13,16H,7-9,15H2,1H3. The molecule has 1 atom stereocenters. The zero-order chi connectivity index (χ0) is 13.9. The van der Waals surface area contributed by atoms with Gasteiger partial charge in [0.25, 0.3) is 0 Å². The highest BCUT2D eigenvalue weighted by Crippen LogP contribution is 2.33. The average Bonchev–Trinajstić information content (AvgIpc) is 3.20. The van der Waals surface area contributed by atoms with E-state index in [4.69, 9.17) is 5.73 Å². The van der Waals surface area contributed by atoms with Crippen LogP contribution in [-0.2, 0) is 10.0 Å². The van der Waals surface area contributed by atoms with E-state index in [-0.39, 0.29) is 17.5 Å². The smallest absolute Gasteiger partial charge is 0.240 e. The van der Waals surface area contributed by atoms with Crippen molar-refractivity contribution in [2.75, 3.05) is 6.54 Å². The van der Waals surface area contributed by atoms with Crippen LogP contribution in [0.15, 0.2) is 29.2 Å². The molecule has 0 bridgehead atoms. The first kappa shape index (κ1) is 14.1. The van der Waals surface area contributed by atoms with Gasteiger partial charge in [0.15, 0.2) is 0 Å². The van der Waals surface area contributed by atoms with Crippen molar-refractivity contribution in [2.24, 2.45) is 11.7 Å². The second-order valence-electron chi connectivity index (χ2n) is 4.78. The third-order valence-corrected chi connectivity index (χ3v) is 4.71. The van der Waals surface area contributed by atoms with Gasteiger partial charge in [-0.05, 0) is 43.9 Å². The lowest BCUT2D eigenvalue weighted by atomic mass is 10.2. The molecule has 0 aromatic heterocycles. The maximum atomic E-state index is 12.2. The van der Waals surface area contributed by atoms with Crippen LogP contribution in [0.3, 0.4) is 0 Å². The molecule has 0 heterocycles. The molecule has 1 aliphatic carbocycles. The maximum absolute atomic E-state index is 12.2. The summed E-state index contributed by atoms with van der Waals surface area (Å²) in [5.74, 6) is 6.03. The molecule has 1 unspecified atom stereocenters. The first-order valence-electron chi connectivity index (χ1n) is 6.34. The van der Waals surface area contributed by atoms with Gasteiger partial charge in [0.1, 0.15) is 0 Å². The van der Waals surface area contributed by atoms with Gasteiger partial charge in [-0.3, -0.25) is 0 Å². The Bertz CT molecular complexity index is 610. The van der Waals surface area contributed by atoms with Crippen LogP contribution in [0, 0.1) is 17.8 Å². The van der Waals surface area contributed by atoms with Crippen molar-refractivity contribution in [3.63, 3.8) is 0 Å². The Kier molecular flexibility index (Phi) is 4.25. The monoisotopic (exact) mass is 278 g/mol. The van der Waals surface area contributed by atoms with E-state index in [0.29, 0.717) is 11.5 Å². The van der Waals surface area contributed by atoms with Crippen molar-refractivity contribution >= 4 is 10.0 Å². The van der Waals surface area contributed by atoms with Crippen LogP contribution in [0.4, 0.5) is 0 Å². The summed E-state index contributed by atoms with van der Waals surface area (Å²) in [6, 6.07) is 6.60. The SMILES string of the molecule is CC(NS(=O)(=O)c1cccc(C#CCN)c1)C1CC1. The summed E-state index contributed by atoms with van der Waals surface area (Å²) in [4.78, 5) is 0.254. The topological polar surface area (TPSA) is 72.2 Å². The highest BCUT2D eigenvalue weighted by molar-refractivity contribution is 7.89. The summed E-state index contributed by atoms with van der Waals surface area (Å²) in [6.45, 7) is 2.17. The third-order valence-electron chi connectivity index (χ3n) is 3.15. The van der Waals surface area contributed by atoms with E-state index in [0.717, 1.165) is 12.8 Å². The Morgan fingerprint density at radius 1 is 1.47 bits per heavy atom. The molecule has 1 aliphatic rings. The second-order valence-corrected chi connectivity index (χ2v) is 6.50. The molecular weight excluding hydrogens is 260 g/mol. The Hall–Kier alpha value is -1.35. The molecule has 0 spiro atoms. The number of hydrogen-bond donors (Lipinski definition) is 2. The number of nitrogens with two attached hydrogens (primary N) is 1. The normalized spacial score (nSPS) is 16.5. The summed E-state index contributed by atoms with van der Waals surface area (Å²) in [7, 11) is -3.46. The molecule has 5 heteroatoms. The van der Waals surface area contributed by atoms with Crippen molar-refractivity contribution in [3.05, 3.63) is 29.8 Å². The molecule has 0 amide bonds. The van der Waals surface area contributed by atoms with Gasteiger partial charge in [-0.1, -0.05) is 17.9 Å². The van der Waals surface area contributed by atoms with Gasteiger partial charge in [-0.25, -0.2) is 13.1 Å². The quantitative estimate of drug-likeness (QED) is 0.809. The van der Waals surface area contributed by atoms with Crippen molar-refractivity contribution < 1.29 is 8.42 Å². The van der Waals surface area contributed by atoms with Crippen LogP contribution in [0.1, 0.15) is 25.3 Å². The van der Waals surface area contributed by atoms with E-state index in [1.54, 1.807) is 24.3 Å². The molecule has 0 radical (unpaired) electrons. The van der Waals surface area contributed by atoms with Gasteiger partial charge >= 0.3 is 0 Å². The van der Waals surface area contributed by atoms with Crippen molar-refractivity contribution in [1.29, 1.82) is 0 Å². The number of hydrogen-bond acceptors (Lipinski definition) is 3. The van der Waals surface area contributed by atoms with Crippen LogP contribution >= 0.6 is 0 Å². The van der Waals surface area contributed by atoms with Gasteiger partial charge in [0.2, 0.25) is 10.0 Å². The summed E-state index contributed by atoms with van der Waals surface area (Å²) in [5.41, 5.74) is 5.96. The summed E-state index contributed by atoms with van der Waals surface area (Å²) >= 11 is 0. The Morgan fingerprint density at radius 2 is 2.21 bits per heavy atom. The van der Waals surface area contributed by atoms with Crippen LogP contribution in [0.2, 0.25) is 0 Å². The first-order chi connectivity index (χ1) is 9.03. The largest absolute Gasteiger partial charge is 0.320 e. The highest BCUT2D eigenvalue weighted by atomic mass is 32.2. The van der Waals surface area contributed by atoms with Gasteiger partial charge in [-0.2, -0.15) is 0 Å². The molecular formula is C14H18N2O2S. The van der Waals surface area contributed by atoms with Crippen LogP contribution in [0.25, 0.3) is 0 Å². The minimum absolute atomic E-state index is 0.0104. The zero-order valence-corrected chi connectivity index (χ0v) is 11.7. The number of sulfonamides is 1. The molecule has 1 fully saturated rings. The van der Waals surface area contributed by atoms with Gasteiger partial charge < -0.3 is 5.73 Å². The fraction of sp³-hybridized carbons (Fsp3) is 0.429. The van der Waals surface area contributed by atoms with Crippen molar-refractivity contribution in [2.45, 2.75) is 30.7 Å². The predicted octanol–water partition coefficient (Wildman–Crippen LogP) is 1.07. The van der Waals surface area contributed by atoms with Crippen LogP contribution in [0.5, 0.6) is 0 Å². The Morgan fingerprint density at radius 3 is 2.84 bits per heavy atom. The van der Waals surface area contributed by atoms with E-state index in [9.17, 15) is 8.42 Å². The molecule has 1 aromatic carbocycles. The third kappa shape index (κ3) is 3.80. The van der Waals surface area contributed by atoms with Crippen molar-refractivity contribution in [1.82, 2.24) is 4.72 Å².